The normalized spacial score (nSPS) is 19.5. The predicted octanol–water partition coefficient (Wildman–Crippen LogP) is 0.123. The van der Waals surface area contributed by atoms with Crippen molar-refractivity contribution in [2.45, 2.75) is 38.8 Å². The molecule has 0 saturated carbocycles. The first-order chi connectivity index (χ1) is 9.52. The van der Waals surface area contributed by atoms with Crippen molar-refractivity contribution in [2.24, 2.45) is 11.7 Å². The van der Waals surface area contributed by atoms with Crippen molar-refractivity contribution >= 4 is 11.9 Å². The molecule has 0 saturated heterocycles. The molecule has 4 N–H and O–H groups in total. The van der Waals surface area contributed by atoms with Crippen molar-refractivity contribution < 1.29 is 14.7 Å². The highest BCUT2D eigenvalue weighted by molar-refractivity contribution is 5.84. The van der Waals surface area contributed by atoms with E-state index >= 15 is 0 Å². The van der Waals surface area contributed by atoms with Gasteiger partial charge >= 0.3 is 5.97 Å². The quantitative estimate of drug-likeness (QED) is 0.709. The maximum Gasteiger partial charge on any atom is 0.326 e. The molecular formula is C13H20N4O3. The van der Waals surface area contributed by atoms with E-state index in [9.17, 15) is 14.7 Å². The molecule has 1 aliphatic heterocycles. The Balaban J connectivity index is 2.08. The van der Waals surface area contributed by atoms with Crippen molar-refractivity contribution in [3.05, 3.63) is 17.7 Å². The highest BCUT2D eigenvalue weighted by atomic mass is 16.4. The average Bonchev–Trinajstić information content (AvgIpc) is 2.89. The van der Waals surface area contributed by atoms with Gasteiger partial charge in [-0.3, -0.25) is 4.79 Å². The Morgan fingerprint density at radius 3 is 3.05 bits per heavy atom. The largest absolute Gasteiger partial charge is 0.480 e. The molecule has 0 fully saturated rings. The first kappa shape index (κ1) is 14.5. The van der Waals surface area contributed by atoms with E-state index < -0.39 is 12.0 Å². The summed E-state index contributed by atoms with van der Waals surface area (Å²) in [5.74, 6) is -0.869. The standard InChI is InChI=1S/C13H20N4O3/c1-8(5-14)2-3-12(18)17-6-10-9(15-7-16-10)4-11(17)13(19)20/h7-8,11H,2-6,14H2,1H3,(H,15,16)(H,19,20). The second kappa shape index (κ2) is 6.04. The number of aliphatic carboxylic acids is 1. The van der Waals surface area contributed by atoms with Crippen LogP contribution in [-0.2, 0) is 22.6 Å². The predicted molar refractivity (Wildman–Crippen MR) is 71.7 cm³/mol. The third-order valence-electron chi connectivity index (χ3n) is 3.76. The van der Waals surface area contributed by atoms with Crippen molar-refractivity contribution in [3.8, 4) is 0 Å². The van der Waals surface area contributed by atoms with Crippen LogP contribution in [0, 0.1) is 5.92 Å². The van der Waals surface area contributed by atoms with Gasteiger partial charge in [0.05, 0.1) is 24.3 Å². The van der Waals surface area contributed by atoms with E-state index in [1.807, 2.05) is 6.92 Å². The number of carbonyl (C=O) groups excluding carboxylic acids is 1. The molecule has 0 radical (unpaired) electrons. The highest BCUT2D eigenvalue weighted by Crippen LogP contribution is 2.22. The van der Waals surface area contributed by atoms with Crippen LogP contribution in [0.2, 0.25) is 0 Å². The van der Waals surface area contributed by atoms with Crippen LogP contribution in [0.4, 0.5) is 0 Å². The van der Waals surface area contributed by atoms with Gasteiger partial charge in [-0.15, -0.1) is 0 Å². The number of carboxylic acid groups (broad SMARTS) is 1. The van der Waals surface area contributed by atoms with Crippen molar-refractivity contribution in [3.63, 3.8) is 0 Å². The number of rotatable bonds is 5. The summed E-state index contributed by atoms with van der Waals surface area (Å²) in [7, 11) is 0. The molecule has 1 aromatic rings. The number of imidazole rings is 1. The van der Waals surface area contributed by atoms with E-state index in [0.29, 0.717) is 19.4 Å². The number of hydrogen-bond donors (Lipinski definition) is 3. The molecule has 0 bridgehead atoms. The molecule has 0 spiro atoms. The number of carbonyl (C=O) groups is 2. The topological polar surface area (TPSA) is 112 Å². The molecule has 110 valence electrons. The van der Waals surface area contributed by atoms with Crippen LogP contribution >= 0.6 is 0 Å². The Morgan fingerprint density at radius 2 is 2.40 bits per heavy atom. The Morgan fingerprint density at radius 1 is 1.65 bits per heavy atom. The van der Waals surface area contributed by atoms with Gasteiger partial charge in [0.15, 0.2) is 0 Å². The second-order valence-electron chi connectivity index (χ2n) is 5.29. The summed E-state index contributed by atoms with van der Waals surface area (Å²) in [6, 6.07) is -0.827. The lowest BCUT2D eigenvalue weighted by atomic mass is 10.0. The van der Waals surface area contributed by atoms with Crippen LogP contribution in [0.5, 0.6) is 0 Å². The summed E-state index contributed by atoms with van der Waals surface area (Å²) in [5, 5.41) is 9.29. The number of H-pyrrole nitrogens is 1. The molecule has 7 nitrogen and oxygen atoms in total. The number of hydrogen-bond acceptors (Lipinski definition) is 4. The maximum absolute atomic E-state index is 12.3. The molecular weight excluding hydrogens is 260 g/mol. The number of carboxylic acids is 1. The van der Waals surface area contributed by atoms with Gasteiger partial charge in [-0.25, -0.2) is 9.78 Å². The average molecular weight is 280 g/mol. The zero-order valence-electron chi connectivity index (χ0n) is 11.5. The summed E-state index contributed by atoms with van der Waals surface area (Å²) in [4.78, 5) is 32.1. The summed E-state index contributed by atoms with van der Waals surface area (Å²) in [6.07, 6.45) is 2.79. The zero-order chi connectivity index (χ0) is 14.7. The Labute approximate surface area is 117 Å². The van der Waals surface area contributed by atoms with E-state index in [1.54, 1.807) is 0 Å². The van der Waals surface area contributed by atoms with Gasteiger partial charge in [-0.05, 0) is 18.9 Å². The van der Waals surface area contributed by atoms with Gasteiger partial charge in [-0.1, -0.05) is 6.92 Å². The molecule has 2 unspecified atom stereocenters. The van der Waals surface area contributed by atoms with Crippen molar-refractivity contribution in [1.82, 2.24) is 14.9 Å². The van der Waals surface area contributed by atoms with Gasteiger partial charge in [0.2, 0.25) is 5.91 Å². The Bertz CT molecular complexity index is 500. The van der Waals surface area contributed by atoms with Gasteiger partial charge in [0.1, 0.15) is 6.04 Å². The minimum atomic E-state index is -0.987. The number of amides is 1. The summed E-state index contributed by atoms with van der Waals surface area (Å²) < 4.78 is 0. The van der Waals surface area contributed by atoms with Crippen LogP contribution in [0.15, 0.2) is 6.33 Å². The highest BCUT2D eigenvalue weighted by Gasteiger charge is 2.35. The number of nitrogens with zero attached hydrogens (tertiary/aromatic N) is 2. The van der Waals surface area contributed by atoms with Gasteiger partial charge in [0.25, 0.3) is 0 Å². The van der Waals surface area contributed by atoms with Crippen LogP contribution in [0.1, 0.15) is 31.2 Å². The smallest absolute Gasteiger partial charge is 0.326 e. The fourth-order valence-electron chi connectivity index (χ4n) is 2.35. The van der Waals surface area contributed by atoms with Crippen LogP contribution in [0.3, 0.4) is 0 Å². The van der Waals surface area contributed by atoms with Crippen LogP contribution < -0.4 is 5.73 Å². The summed E-state index contributed by atoms with van der Waals surface area (Å²) in [5.41, 5.74) is 7.08. The SMILES string of the molecule is CC(CN)CCC(=O)N1Cc2[nH]cnc2CC1C(=O)O. The van der Waals surface area contributed by atoms with Crippen molar-refractivity contribution in [2.75, 3.05) is 6.54 Å². The van der Waals surface area contributed by atoms with Crippen LogP contribution in [0.25, 0.3) is 0 Å². The molecule has 2 rings (SSSR count). The monoisotopic (exact) mass is 280 g/mol. The van der Waals surface area contributed by atoms with E-state index in [-0.39, 0.29) is 24.8 Å². The van der Waals surface area contributed by atoms with E-state index in [2.05, 4.69) is 9.97 Å². The Hall–Kier alpha value is -1.89. The number of aromatic amines is 1. The molecule has 1 aromatic heterocycles. The third-order valence-corrected chi connectivity index (χ3v) is 3.76. The molecule has 20 heavy (non-hydrogen) atoms. The fourth-order valence-corrected chi connectivity index (χ4v) is 2.35. The number of fused-ring (bicyclic) bond motifs is 1. The molecule has 7 heteroatoms. The molecule has 2 atom stereocenters. The summed E-state index contributed by atoms with van der Waals surface area (Å²) in [6.45, 7) is 2.79. The molecule has 0 aromatic carbocycles. The van der Waals surface area contributed by atoms with E-state index in [1.165, 1.54) is 11.2 Å². The molecule has 2 heterocycles. The van der Waals surface area contributed by atoms with Crippen LogP contribution in [-0.4, -0.2) is 44.4 Å². The fraction of sp³-hybridized carbons (Fsp3) is 0.615. The lowest BCUT2D eigenvalue weighted by molar-refractivity contribution is -0.151. The van der Waals surface area contributed by atoms with E-state index in [4.69, 9.17) is 5.73 Å². The van der Waals surface area contributed by atoms with Gasteiger partial charge < -0.3 is 20.7 Å². The first-order valence-corrected chi connectivity index (χ1v) is 6.76. The maximum atomic E-state index is 12.3. The summed E-state index contributed by atoms with van der Waals surface area (Å²) >= 11 is 0. The van der Waals surface area contributed by atoms with E-state index in [0.717, 1.165) is 11.4 Å². The molecule has 1 amide bonds. The minimum Gasteiger partial charge on any atom is -0.480 e. The minimum absolute atomic E-state index is 0.141. The molecule has 0 aliphatic carbocycles. The molecule has 1 aliphatic rings. The lowest BCUT2D eigenvalue weighted by Crippen LogP contribution is -2.48. The third kappa shape index (κ3) is 2.98. The zero-order valence-corrected chi connectivity index (χ0v) is 11.5. The van der Waals surface area contributed by atoms with Gasteiger partial charge in [-0.2, -0.15) is 0 Å². The number of aromatic nitrogens is 2. The Kier molecular flexibility index (Phi) is 4.39. The van der Waals surface area contributed by atoms with Gasteiger partial charge in [0, 0.05) is 12.8 Å². The lowest BCUT2D eigenvalue weighted by Gasteiger charge is -2.32. The number of nitrogens with two attached hydrogens (primary N) is 1. The first-order valence-electron chi connectivity index (χ1n) is 6.76. The second-order valence-corrected chi connectivity index (χ2v) is 5.29. The van der Waals surface area contributed by atoms with Crippen molar-refractivity contribution in [1.29, 1.82) is 0 Å². The number of nitrogens with one attached hydrogen (secondary N) is 1.